The van der Waals surface area contributed by atoms with Crippen LogP contribution >= 0.6 is 0 Å². The second kappa shape index (κ2) is 11.6. The minimum Gasteiger partial charge on any atom is -0.103 e. The average Bonchev–Trinajstić information content (AvgIpc) is 2.27. The molecule has 0 rings (SSSR count). The van der Waals surface area contributed by atoms with E-state index in [1.165, 1.54) is 38.5 Å². The lowest BCUT2D eigenvalue weighted by Crippen LogP contribution is -1.94. The molecule has 0 amide bonds. The van der Waals surface area contributed by atoms with E-state index < -0.39 is 0 Å². The first-order valence-electron chi connectivity index (χ1n) is 6.42. The van der Waals surface area contributed by atoms with Gasteiger partial charge in [0.2, 0.25) is 0 Å². The summed E-state index contributed by atoms with van der Waals surface area (Å²) in [5, 5.41) is 0. The molecule has 0 fully saturated rings. The van der Waals surface area contributed by atoms with E-state index in [1.54, 1.807) is 0 Å². The van der Waals surface area contributed by atoms with E-state index in [1.807, 2.05) is 0 Å². The maximum Gasteiger partial charge on any atom is 0.0200 e. The first-order chi connectivity index (χ1) is 7.35. The number of rotatable bonds is 8. The Morgan fingerprint density at radius 3 is 2.33 bits per heavy atom. The third-order valence-electron chi connectivity index (χ3n) is 2.65. The quantitative estimate of drug-likeness (QED) is 0.395. The van der Waals surface area contributed by atoms with Crippen LogP contribution in [0.4, 0.5) is 0 Å². The van der Waals surface area contributed by atoms with Crippen LogP contribution in [0.1, 0.15) is 64.7 Å². The maximum absolute atomic E-state index is 3.87. The van der Waals surface area contributed by atoms with Crippen LogP contribution in [0.2, 0.25) is 0 Å². The molecule has 1 unspecified atom stereocenters. The minimum absolute atomic E-state index is 0.611. The maximum atomic E-state index is 3.87. The highest BCUT2D eigenvalue weighted by Crippen LogP contribution is 2.11. The van der Waals surface area contributed by atoms with Crippen LogP contribution in [0.15, 0.2) is 0 Å². The Labute approximate surface area is 96.8 Å². The normalized spacial score (nSPS) is 11.9. The minimum atomic E-state index is 0.611. The van der Waals surface area contributed by atoms with Gasteiger partial charge >= 0.3 is 0 Å². The molecule has 0 saturated heterocycles. The second-order valence-electron chi connectivity index (χ2n) is 4.09. The monoisotopic (exact) mass is 206 g/mol. The van der Waals surface area contributed by atoms with E-state index in [0.717, 1.165) is 19.3 Å². The van der Waals surface area contributed by atoms with Crippen LogP contribution in [0.3, 0.4) is 0 Å². The molecule has 0 aliphatic rings. The molecular weight excluding hydrogens is 180 g/mol. The van der Waals surface area contributed by atoms with Crippen molar-refractivity contribution in [2.45, 2.75) is 64.7 Å². The van der Waals surface area contributed by atoms with E-state index in [4.69, 9.17) is 0 Å². The third-order valence-corrected chi connectivity index (χ3v) is 2.65. The van der Waals surface area contributed by atoms with Crippen molar-refractivity contribution in [1.82, 2.24) is 0 Å². The summed E-state index contributed by atoms with van der Waals surface area (Å²) in [6.45, 7) is 9.93. The zero-order valence-corrected chi connectivity index (χ0v) is 10.4. The molecule has 0 spiro atoms. The highest BCUT2D eigenvalue weighted by atomic mass is 14.0. The van der Waals surface area contributed by atoms with Crippen molar-refractivity contribution in [1.29, 1.82) is 0 Å². The van der Waals surface area contributed by atoms with E-state index in [0.29, 0.717) is 5.92 Å². The first kappa shape index (κ1) is 14.6. The summed E-state index contributed by atoms with van der Waals surface area (Å²) < 4.78 is 0. The SMILES string of the molecule is [CH2]CCCCCC#CC(CC)CCC[CH2]. The van der Waals surface area contributed by atoms with Crippen LogP contribution in [-0.4, -0.2) is 0 Å². The third kappa shape index (κ3) is 9.85. The summed E-state index contributed by atoms with van der Waals surface area (Å²) in [5.41, 5.74) is 0. The highest BCUT2D eigenvalue weighted by molar-refractivity contribution is 5.03. The van der Waals surface area contributed by atoms with Crippen molar-refractivity contribution < 1.29 is 0 Å². The summed E-state index contributed by atoms with van der Waals surface area (Å²) >= 11 is 0. The van der Waals surface area contributed by atoms with Gasteiger partial charge in [-0.2, -0.15) is 0 Å². The number of unbranched alkanes of at least 4 members (excludes halogenated alkanes) is 5. The topological polar surface area (TPSA) is 0 Å². The molecule has 0 N–H and O–H groups in total. The van der Waals surface area contributed by atoms with Gasteiger partial charge in [-0.05, 0) is 19.3 Å². The lowest BCUT2D eigenvalue weighted by molar-refractivity contribution is 0.564. The van der Waals surface area contributed by atoms with Crippen molar-refractivity contribution in [2.24, 2.45) is 5.92 Å². The van der Waals surface area contributed by atoms with Gasteiger partial charge in [0.05, 0.1) is 0 Å². The van der Waals surface area contributed by atoms with Crippen molar-refractivity contribution in [2.75, 3.05) is 0 Å². The molecule has 0 aromatic rings. The summed E-state index contributed by atoms with van der Waals surface area (Å²) in [5.74, 6) is 7.31. The van der Waals surface area contributed by atoms with Gasteiger partial charge < -0.3 is 0 Å². The summed E-state index contributed by atoms with van der Waals surface area (Å²) in [7, 11) is 0. The molecule has 15 heavy (non-hydrogen) atoms. The fourth-order valence-corrected chi connectivity index (χ4v) is 1.55. The molecule has 0 heteroatoms. The van der Waals surface area contributed by atoms with Gasteiger partial charge in [-0.15, -0.1) is 5.92 Å². The van der Waals surface area contributed by atoms with Crippen LogP contribution in [0.5, 0.6) is 0 Å². The second-order valence-corrected chi connectivity index (χ2v) is 4.09. The molecule has 0 aliphatic carbocycles. The molecule has 0 saturated carbocycles. The van der Waals surface area contributed by atoms with E-state index >= 15 is 0 Å². The lowest BCUT2D eigenvalue weighted by Gasteiger charge is -2.05. The number of hydrogen-bond acceptors (Lipinski definition) is 0. The van der Waals surface area contributed by atoms with Crippen LogP contribution < -0.4 is 0 Å². The Bertz CT molecular complexity index is 170. The summed E-state index contributed by atoms with van der Waals surface area (Å²) in [6, 6.07) is 0. The summed E-state index contributed by atoms with van der Waals surface area (Å²) in [4.78, 5) is 0. The molecular formula is C15H26. The van der Waals surface area contributed by atoms with Crippen molar-refractivity contribution in [3.05, 3.63) is 13.8 Å². The molecule has 0 aromatic carbocycles. The zero-order valence-electron chi connectivity index (χ0n) is 10.4. The van der Waals surface area contributed by atoms with Gasteiger partial charge in [-0.3, -0.25) is 0 Å². The van der Waals surface area contributed by atoms with Gasteiger partial charge in [-0.25, -0.2) is 0 Å². The molecule has 0 nitrogen and oxygen atoms in total. The van der Waals surface area contributed by atoms with E-state index in [9.17, 15) is 0 Å². The fourth-order valence-electron chi connectivity index (χ4n) is 1.55. The Morgan fingerprint density at radius 2 is 1.73 bits per heavy atom. The lowest BCUT2D eigenvalue weighted by atomic mass is 10.00. The summed E-state index contributed by atoms with van der Waals surface area (Å²) in [6.07, 6.45) is 10.6. The van der Waals surface area contributed by atoms with Gasteiger partial charge in [-0.1, -0.05) is 58.8 Å². The Hall–Kier alpha value is -0.440. The smallest absolute Gasteiger partial charge is 0.0200 e. The van der Waals surface area contributed by atoms with Gasteiger partial charge in [0, 0.05) is 12.3 Å². The van der Waals surface area contributed by atoms with Gasteiger partial charge in [0.15, 0.2) is 0 Å². The van der Waals surface area contributed by atoms with Gasteiger partial charge in [0.1, 0.15) is 0 Å². The fraction of sp³-hybridized carbons (Fsp3) is 0.733. The molecule has 0 heterocycles. The molecule has 1 atom stereocenters. The van der Waals surface area contributed by atoms with Crippen LogP contribution in [0, 0.1) is 31.6 Å². The average molecular weight is 206 g/mol. The Morgan fingerprint density at radius 1 is 1.00 bits per heavy atom. The number of hydrogen-bond donors (Lipinski definition) is 0. The predicted octanol–water partition coefficient (Wildman–Crippen LogP) is 4.80. The first-order valence-corrected chi connectivity index (χ1v) is 6.42. The highest BCUT2D eigenvalue weighted by Gasteiger charge is 1.99. The molecule has 2 radical (unpaired) electrons. The molecule has 0 bridgehead atoms. The van der Waals surface area contributed by atoms with Crippen LogP contribution in [0.25, 0.3) is 0 Å². The van der Waals surface area contributed by atoms with Crippen molar-refractivity contribution in [3.63, 3.8) is 0 Å². The Balaban J connectivity index is 3.52. The van der Waals surface area contributed by atoms with Crippen molar-refractivity contribution in [3.8, 4) is 11.8 Å². The molecule has 0 aromatic heterocycles. The van der Waals surface area contributed by atoms with E-state index in [2.05, 4.69) is 32.6 Å². The largest absolute Gasteiger partial charge is 0.103 e. The van der Waals surface area contributed by atoms with Crippen molar-refractivity contribution >= 4 is 0 Å². The van der Waals surface area contributed by atoms with E-state index in [-0.39, 0.29) is 0 Å². The molecule has 0 aliphatic heterocycles. The predicted molar refractivity (Wildman–Crippen MR) is 69.2 cm³/mol. The Kier molecular flexibility index (Phi) is 11.3. The van der Waals surface area contributed by atoms with Gasteiger partial charge in [0.25, 0.3) is 0 Å². The zero-order chi connectivity index (χ0) is 11.4. The molecule has 86 valence electrons. The van der Waals surface area contributed by atoms with Crippen LogP contribution in [-0.2, 0) is 0 Å². The standard InChI is InChI=1S/C15H26/c1-4-7-9-10-11-12-14-15(6-3)13-8-5-2/h15H,1-2,4-11,13H2,3H3.